The molecule has 1 heterocycles. The summed E-state index contributed by atoms with van der Waals surface area (Å²) in [7, 11) is 0. The molecule has 1 aromatic rings. The van der Waals surface area contributed by atoms with Crippen molar-refractivity contribution >= 4 is 0 Å². The topological polar surface area (TPSA) is 24.5 Å². The van der Waals surface area contributed by atoms with Crippen LogP contribution in [0.3, 0.4) is 0 Å². The van der Waals surface area contributed by atoms with E-state index in [-0.39, 0.29) is 0 Å². The van der Waals surface area contributed by atoms with E-state index in [1.54, 1.807) is 0 Å². The Morgan fingerprint density at radius 1 is 1.30 bits per heavy atom. The number of hydrogen-bond donors (Lipinski definition) is 1. The predicted octanol–water partition coefficient (Wildman–Crippen LogP) is 2.66. The Hall–Kier alpha value is -1.06. The first-order valence-electron chi connectivity index (χ1n) is 7.92. The molecule has 1 fully saturated rings. The van der Waals surface area contributed by atoms with Crippen molar-refractivity contribution in [2.75, 3.05) is 19.7 Å². The highest BCUT2D eigenvalue weighted by molar-refractivity contribution is 5.33. The summed E-state index contributed by atoms with van der Waals surface area (Å²) in [6, 6.07) is 9.79. The van der Waals surface area contributed by atoms with Gasteiger partial charge >= 0.3 is 0 Å². The third kappa shape index (κ3) is 2.99. The van der Waals surface area contributed by atoms with Crippen molar-refractivity contribution in [1.82, 2.24) is 10.2 Å². The molecule has 1 saturated carbocycles. The Labute approximate surface area is 122 Å². The minimum absolute atomic E-state index is 0.587. The minimum atomic E-state index is 0.587. The number of nitrogens with zero attached hydrogens (tertiary/aromatic N) is 1. The Morgan fingerprint density at radius 3 is 2.90 bits per heavy atom. The standard InChI is InChI=1S/C17H26N2O/c1-13(2)18-11-14-7-8-16(14)19-9-10-20-17-6-4-3-5-15(17)12-19/h3-6,13-14,16,18H,7-12H2,1-2H3. The lowest BCUT2D eigenvalue weighted by atomic mass is 9.78. The molecule has 1 N–H and O–H groups in total. The minimum Gasteiger partial charge on any atom is -0.492 e. The smallest absolute Gasteiger partial charge is 0.123 e. The first-order valence-corrected chi connectivity index (χ1v) is 7.92. The fourth-order valence-electron chi connectivity index (χ4n) is 3.29. The molecule has 0 bridgehead atoms. The molecule has 0 radical (unpaired) electrons. The summed E-state index contributed by atoms with van der Waals surface area (Å²) < 4.78 is 5.87. The van der Waals surface area contributed by atoms with Gasteiger partial charge in [-0.2, -0.15) is 0 Å². The molecule has 0 amide bonds. The van der Waals surface area contributed by atoms with Gasteiger partial charge in [0, 0.05) is 30.7 Å². The van der Waals surface area contributed by atoms with Crippen LogP contribution in [0.4, 0.5) is 0 Å². The van der Waals surface area contributed by atoms with Crippen molar-refractivity contribution in [1.29, 1.82) is 0 Å². The third-order valence-corrected chi connectivity index (χ3v) is 4.62. The van der Waals surface area contributed by atoms with E-state index in [0.717, 1.165) is 44.0 Å². The average molecular weight is 274 g/mol. The van der Waals surface area contributed by atoms with E-state index < -0.39 is 0 Å². The van der Waals surface area contributed by atoms with Crippen LogP contribution in [0.1, 0.15) is 32.3 Å². The zero-order valence-corrected chi connectivity index (χ0v) is 12.6. The predicted molar refractivity (Wildman–Crippen MR) is 82.0 cm³/mol. The fraction of sp³-hybridized carbons (Fsp3) is 0.647. The highest BCUT2D eigenvalue weighted by Crippen LogP contribution is 2.34. The summed E-state index contributed by atoms with van der Waals surface area (Å²) in [6.07, 6.45) is 2.70. The van der Waals surface area contributed by atoms with Gasteiger partial charge in [0.1, 0.15) is 12.4 Å². The first-order chi connectivity index (χ1) is 9.74. The van der Waals surface area contributed by atoms with Crippen molar-refractivity contribution in [3.8, 4) is 5.75 Å². The average Bonchev–Trinajstić information content (AvgIpc) is 2.59. The number of rotatable bonds is 4. The number of para-hydroxylation sites is 1. The van der Waals surface area contributed by atoms with E-state index >= 15 is 0 Å². The van der Waals surface area contributed by atoms with E-state index in [1.807, 2.05) is 0 Å². The van der Waals surface area contributed by atoms with Crippen LogP contribution in [0.15, 0.2) is 24.3 Å². The molecule has 2 unspecified atom stereocenters. The second-order valence-electron chi connectivity index (χ2n) is 6.39. The Kier molecular flexibility index (Phi) is 4.27. The molecule has 2 atom stereocenters. The molecular formula is C17H26N2O. The molecule has 0 saturated heterocycles. The molecule has 20 heavy (non-hydrogen) atoms. The van der Waals surface area contributed by atoms with E-state index in [2.05, 4.69) is 48.3 Å². The first kappa shape index (κ1) is 13.9. The molecular weight excluding hydrogens is 248 g/mol. The van der Waals surface area contributed by atoms with Gasteiger partial charge in [0.25, 0.3) is 0 Å². The molecule has 1 aliphatic heterocycles. The number of nitrogens with one attached hydrogen (secondary N) is 1. The van der Waals surface area contributed by atoms with Crippen LogP contribution in [0, 0.1) is 5.92 Å². The highest BCUT2D eigenvalue weighted by atomic mass is 16.5. The van der Waals surface area contributed by atoms with Crippen LogP contribution in [0.5, 0.6) is 5.75 Å². The summed E-state index contributed by atoms with van der Waals surface area (Å²) in [5.74, 6) is 1.88. The monoisotopic (exact) mass is 274 g/mol. The summed E-state index contributed by atoms with van der Waals surface area (Å²) in [5.41, 5.74) is 1.34. The molecule has 110 valence electrons. The lowest BCUT2D eigenvalue weighted by Crippen LogP contribution is -2.51. The van der Waals surface area contributed by atoms with Crippen molar-refractivity contribution in [3.63, 3.8) is 0 Å². The van der Waals surface area contributed by atoms with E-state index in [4.69, 9.17) is 4.74 Å². The molecule has 0 spiro atoms. The highest BCUT2D eigenvalue weighted by Gasteiger charge is 2.36. The van der Waals surface area contributed by atoms with Gasteiger partial charge in [0.15, 0.2) is 0 Å². The lowest BCUT2D eigenvalue weighted by Gasteiger charge is -2.44. The lowest BCUT2D eigenvalue weighted by molar-refractivity contribution is 0.0504. The van der Waals surface area contributed by atoms with Gasteiger partial charge in [-0.15, -0.1) is 0 Å². The van der Waals surface area contributed by atoms with Crippen LogP contribution in [0.2, 0.25) is 0 Å². The summed E-state index contributed by atoms with van der Waals surface area (Å²) in [5, 5.41) is 3.59. The Bertz CT molecular complexity index is 446. The molecule has 0 aromatic heterocycles. The number of fused-ring (bicyclic) bond motifs is 1. The Morgan fingerprint density at radius 2 is 2.15 bits per heavy atom. The van der Waals surface area contributed by atoms with Crippen LogP contribution in [-0.4, -0.2) is 36.7 Å². The fourth-order valence-corrected chi connectivity index (χ4v) is 3.29. The van der Waals surface area contributed by atoms with Crippen LogP contribution >= 0.6 is 0 Å². The number of benzene rings is 1. The van der Waals surface area contributed by atoms with E-state index in [9.17, 15) is 0 Å². The van der Waals surface area contributed by atoms with Crippen LogP contribution in [0.25, 0.3) is 0 Å². The molecule has 3 rings (SSSR count). The Balaban J connectivity index is 1.63. The largest absolute Gasteiger partial charge is 0.492 e. The normalized spacial score (nSPS) is 26.6. The van der Waals surface area contributed by atoms with Gasteiger partial charge in [-0.05, 0) is 31.4 Å². The van der Waals surface area contributed by atoms with Crippen LogP contribution in [-0.2, 0) is 6.54 Å². The van der Waals surface area contributed by atoms with E-state index in [0.29, 0.717) is 6.04 Å². The third-order valence-electron chi connectivity index (χ3n) is 4.62. The van der Waals surface area contributed by atoms with Gasteiger partial charge in [0.2, 0.25) is 0 Å². The molecule has 1 aromatic carbocycles. The molecule has 3 heteroatoms. The number of ether oxygens (including phenoxy) is 1. The zero-order valence-electron chi connectivity index (χ0n) is 12.6. The molecule has 3 nitrogen and oxygen atoms in total. The van der Waals surface area contributed by atoms with Gasteiger partial charge in [-0.1, -0.05) is 32.0 Å². The van der Waals surface area contributed by atoms with Gasteiger partial charge in [0.05, 0.1) is 0 Å². The molecule has 1 aliphatic carbocycles. The van der Waals surface area contributed by atoms with Crippen molar-refractivity contribution in [2.45, 2.75) is 45.3 Å². The second kappa shape index (κ2) is 6.15. The van der Waals surface area contributed by atoms with E-state index in [1.165, 1.54) is 18.4 Å². The SMILES string of the molecule is CC(C)NCC1CCC1N1CCOc2ccccc2C1. The van der Waals surface area contributed by atoms with Crippen molar-refractivity contribution < 1.29 is 4.74 Å². The maximum Gasteiger partial charge on any atom is 0.123 e. The van der Waals surface area contributed by atoms with Gasteiger partial charge in [-0.3, -0.25) is 4.90 Å². The number of hydrogen-bond acceptors (Lipinski definition) is 3. The van der Waals surface area contributed by atoms with Crippen molar-refractivity contribution in [3.05, 3.63) is 29.8 Å². The van der Waals surface area contributed by atoms with Crippen molar-refractivity contribution in [2.24, 2.45) is 5.92 Å². The summed E-state index contributed by atoms with van der Waals surface area (Å²) in [6.45, 7) is 8.52. The molecule has 2 aliphatic rings. The summed E-state index contributed by atoms with van der Waals surface area (Å²) >= 11 is 0. The van der Waals surface area contributed by atoms with Gasteiger partial charge in [-0.25, -0.2) is 0 Å². The van der Waals surface area contributed by atoms with Gasteiger partial charge < -0.3 is 10.1 Å². The maximum absolute atomic E-state index is 5.87. The zero-order chi connectivity index (χ0) is 13.9. The summed E-state index contributed by atoms with van der Waals surface area (Å²) in [4.78, 5) is 2.63. The second-order valence-corrected chi connectivity index (χ2v) is 6.39. The maximum atomic E-state index is 5.87. The quantitative estimate of drug-likeness (QED) is 0.913. The van der Waals surface area contributed by atoms with Crippen LogP contribution < -0.4 is 10.1 Å².